The molecule has 0 aliphatic heterocycles. The van der Waals surface area contributed by atoms with E-state index in [1.807, 2.05) is 0 Å². The van der Waals surface area contributed by atoms with Gasteiger partial charge in [0.15, 0.2) is 0 Å². The Balaban J connectivity index is 1.17. The molecule has 0 fully saturated rings. The van der Waals surface area contributed by atoms with Crippen LogP contribution in [0.1, 0.15) is 28.1 Å². The van der Waals surface area contributed by atoms with Crippen LogP contribution in [0.2, 0.25) is 0 Å². The van der Waals surface area contributed by atoms with Crippen LogP contribution in [0.3, 0.4) is 0 Å². The zero-order valence-electron chi connectivity index (χ0n) is 27.0. The summed E-state index contributed by atoms with van der Waals surface area (Å²) in [5.74, 6) is 0.988. The van der Waals surface area contributed by atoms with Gasteiger partial charge in [-0.3, -0.25) is 4.57 Å². The van der Waals surface area contributed by atoms with Crippen molar-refractivity contribution >= 4 is 32.6 Å². The van der Waals surface area contributed by atoms with Gasteiger partial charge in [0, 0.05) is 5.69 Å². The first-order chi connectivity index (χ1) is 24.2. The minimum Gasteiger partial charge on any atom is -0.297 e. The number of fused-ring (bicyclic) bond motifs is 14. The Hall–Kier alpha value is -6.25. The minimum atomic E-state index is -0.400. The summed E-state index contributed by atoms with van der Waals surface area (Å²) in [7, 11) is 0. The number of aromatic nitrogens is 2. The van der Waals surface area contributed by atoms with E-state index in [-0.39, 0.29) is 0 Å². The summed E-state index contributed by atoms with van der Waals surface area (Å²) >= 11 is 0. The molecule has 0 atom stereocenters. The van der Waals surface area contributed by atoms with Gasteiger partial charge in [0.2, 0.25) is 0 Å². The van der Waals surface area contributed by atoms with Crippen molar-refractivity contribution < 1.29 is 0 Å². The summed E-state index contributed by atoms with van der Waals surface area (Å²) < 4.78 is 2.26. The number of para-hydroxylation sites is 2. The minimum absolute atomic E-state index is 0.400. The van der Waals surface area contributed by atoms with Gasteiger partial charge in [-0.05, 0) is 127 Å². The van der Waals surface area contributed by atoms with Gasteiger partial charge in [0.05, 0.1) is 16.4 Å². The molecule has 9 aromatic rings. The van der Waals surface area contributed by atoms with E-state index in [0.717, 1.165) is 22.5 Å². The van der Waals surface area contributed by atoms with E-state index in [0.29, 0.717) is 0 Å². The third-order valence-electron chi connectivity index (χ3n) is 11.1. The van der Waals surface area contributed by atoms with Gasteiger partial charge >= 0.3 is 0 Å². The average Bonchev–Trinajstić information content (AvgIpc) is 3.76. The Morgan fingerprint density at radius 3 is 2.04 bits per heavy atom. The number of aryl methyl sites for hydroxylation is 1. The van der Waals surface area contributed by atoms with E-state index >= 15 is 0 Å². The van der Waals surface area contributed by atoms with Gasteiger partial charge in [-0.15, -0.1) is 0 Å². The molecule has 11 rings (SSSR count). The van der Waals surface area contributed by atoms with Crippen LogP contribution < -0.4 is 0 Å². The van der Waals surface area contributed by atoms with Crippen LogP contribution in [-0.4, -0.2) is 9.55 Å². The maximum Gasteiger partial charge on any atom is 0.111 e. The van der Waals surface area contributed by atoms with Crippen molar-refractivity contribution in [3.8, 4) is 39.1 Å². The molecule has 1 heterocycles. The molecule has 0 saturated heterocycles. The predicted octanol–water partition coefficient (Wildman–Crippen LogP) is 11.7. The molecule has 0 saturated carbocycles. The third-order valence-corrected chi connectivity index (χ3v) is 11.1. The quantitative estimate of drug-likeness (QED) is 0.188. The number of imidazole rings is 1. The molecule has 0 amide bonds. The lowest BCUT2D eigenvalue weighted by atomic mass is 9.69. The molecular weight excluding hydrogens is 593 g/mol. The molecule has 0 bridgehead atoms. The van der Waals surface area contributed by atoms with Crippen LogP contribution in [0, 0.1) is 6.92 Å². The molecule has 0 radical (unpaired) electrons. The average molecular weight is 623 g/mol. The van der Waals surface area contributed by atoms with Crippen molar-refractivity contribution in [1.29, 1.82) is 0 Å². The van der Waals surface area contributed by atoms with Crippen LogP contribution in [0.4, 0.5) is 0 Å². The van der Waals surface area contributed by atoms with E-state index in [9.17, 15) is 0 Å². The second kappa shape index (κ2) is 9.65. The van der Waals surface area contributed by atoms with E-state index in [1.165, 1.54) is 77.2 Å². The van der Waals surface area contributed by atoms with Crippen molar-refractivity contribution in [3.63, 3.8) is 0 Å². The largest absolute Gasteiger partial charge is 0.297 e. The van der Waals surface area contributed by atoms with Gasteiger partial charge < -0.3 is 0 Å². The maximum absolute atomic E-state index is 4.83. The molecule has 1 spiro atoms. The van der Waals surface area contributed by atoms with Crippen LogP contribution in [-0.2, 0) is 5.41 Å². The molecule has 228 valence electrons. The monoisotopic (exact) mass is 622 g/mol. The SMILES string of the molecule is Cc1nc2ccccc2n1-c1cccc(-c2ccc3cc4c(cc3c2)C2(c3ccccc3-c3ccccc32)c2c-4ccc3ccccc23)c1. The van der Waals surface area contributed by atoms with Crippen molar-refractivity contribution in [3.05, 3.63) is 192 Å². The normalized spacial score (nSPS) is 13.6. The highest BCUT2D eigenvalue weighted by Crippen LogP contribution is 2.64. The summed E-state index contributed by atoms with van der Waals surface area (Å²) in [6.07, 6.45) is 0. The smallest absolute Gasteiger partial charge is 0.111 e. The van der Waals surface area contributed by atoms with Crippen molar-refractivity contribution in [1.82, 2.24) is 9.55 Å². The molecular formula is C47H30N2. The molecule has 2 heteroatoms. The maximum atomic E-state index is 4.83. The Bertz CT molecular complexity index is 2810. The fraction of sp³-hybridized carbons (Fsp3) is 0.0426. The number of benzene rings is 8. The zero-order chi connectivity index (χ0) is 32.3. The van der Waals surface area contributed by atoms with Gasteiger partial charge in [-0.25, -0.2) is 4.98 Å². The molecule has 1 aromatic heterocycles. The highest BCUT2D eigenvalue weighted by molar-refractivity contribution is 6.06. The molecule has 8 aromatic carbocycles. The fourth-order valence-corrected chi connectivity index (χ4v) is 9.14. The first-order valence-corrected chi connectivity index (χ1v) is 17.1. The summed E-state index contributed by atoms with van der Waals surface area (Å²) in [6, 6.07) is 60.9. The topological polar surface area (TPSA) is 17.8 Å². The Labute approximate surface area is 284 Å². The standard InChI is InChI=1S/C47H30N2/c1-29-48-44-19-8-9-20-45(44)49(29)35-13-10-12-31(26-35)32-21-22-33-27-40-39-24-23-30-11-2-3-14-36(30)46(39)47(43(40)28-34(33)25-32)41-17-6-4-15-37(41)38-16-5-7-18-42(38)47/h2-28H,1H3. The number of hydrogen-bond acceptors (Lipinski definition) is 1. The van der Waals surface area contributed by atoms with Crippen molar-refractivity contribution in [2.75, 3.05) is 0 Å². The van der Waals surface area contributed by atoms with Crippen LogP contribution >= 0.6 is 0 Å². The molecule has 49 heavy (non-hydrogen) atoms. The number of nitrogens with zero attached hydrogens (tertiary/aromatic N) is 2. The van der Waals surface area contributed by atoms with Crippen LogP contribution in [0.15, 0.2) is 164 Å². The molecule has 2 aliphatic carbocycles. The zero-order valence-corrected chi connectivity index (χ0v) is 27.0. The highest BCUT2D eigenvalue weighted by atomic mass is 15.1. The van der Waals surface area contributed by atoms with Crippen LogP contribution in [0.25, 0.3) is 71.6 Å². The Morgan fingerprint density at radius 2 is 1.18 bits per heavy atom. The van der Waals surface area contributed by atoms with Crippen molar-refractivity contribution in [2.45, 2.75) is 12.3 Å². The first kappa shape index (κ1) is 26.8. The van der Waals surface area contributed by atoms with Crippen LogP contribution in [0.5, 0.6) is 0 Å². The lowest BCUT2D eigenvalue weighted by Crippen LogP contribution is -2.26. The molecule has 2 nitrogen and oxygen atoms in total. The summed E-state index contributed by atoms with van der Waals surface area (Å²) in [4.78, 5) is 4.83. The summed E-state index contributed by atoms with van der Waals surface area (Å²) in [5.41, 5.74) is 16.1. The number of rotatable bonds is 2. The summed E-state index contributed by atoms with van der Waals surface area (Å²) in [5, 5.41) is 5.12. The first-order valence-electron chi connectivity index (χ1n) is 17.1. The lowest BCUT2D eigenvalue weighted by Gasteiger charge is -2.31. The van der Waals surface area contributed by atoms with E-state index in [1.54, 1.807) is 0 Å². The Kier molecular flexibility index (Phi) is 5.28. The van der Waals surface area contributed by atoms with Gasteiger partial charge in [-0.1, -0.05) is 121 Å². The second-order valence-corrected chi connectivity index (χ2v) is 13.5. The van der Waals surface area contributed by atoms with Gasteiger partial charge in [0.25, 0.3) is 0 Å². The molecule has 0 unspecified atom stereocenters. The lowest BCUT2D eigenvalue weighted by molar-refractivity contribution is 0.802. The summed E-state index contributed by atoms with van der Waals surface area (Å²) in [6.45, 7) is 2.08. The van der Waals surface area contributed by atoms with E-state index < -0.39 is 5.41 Å². The van der Waals surface area contributed by atoms with Gasteiger partial charge in [0.1, 0.15) is 5.82 Å². The highest BCUT2D eigenvalue weighted by Gasteiger charge is 2.52. The predicted molar refractivity (Wildman–Crippen MR) is 203 cm³/mol. The number of hydrogen-bond donors (Lipinski definition) is 0. The van der Waals surface area contributed by atoms with E-state index in [2.05, 4.69) is 175 Å². The second-order valence-electron chi connectivity index (χ2n) is 13.5. The van der Waals surface area contributed by atoms with Gasteiger partial charge in [-0.2, -0.15) is 0 Å². The molecule has 2 aliphatic rings. The fourth-order valence-electron chi connectivity index (χ4n) is 9.14. The van der Waals surface area contributed by atoms with E-state index in [4.69, 9.17) is 4.98 Å². The Morgan fingerprint density at radius 1 is 0.469 bits per heavy atom. The molecule has 0 N–H and O–H groups in total. The third kappa shape index (κ3) is 3.48. The van der Waals surface area contributed by atoms with Crippen molar-refractivity contribution in [2.24, 2.45) is 0 Å².